The zero-order chi connectivity index (χ0) is 23.5. The van der Waals surface area contributed by atoms with Gasteiger partial charge >= 0.3 is 0 Å². The maximum Gasteiger partial charge on any atom is 0.223 e. The molecule has 34 heavy (non-hydrogen) atoms. The zero-order valence-electron chi connectivity index (χ0n) is 19.9. The third-order valence-electron chi connectivity index (χ3n) is 6.21. The van der Waals surface area contributed by atoms with Gasteiger partial charge in [0, 0.05) is 37.9 Å². The minimum absolute atomic E-state index is 0.107. The van der Waals surface area contributed by atoms with Gasteiger partial charge in [0.2, 0.25) is 5.95 Å². The quantitative estimate of drug-likeness (QED) is 0.402. The second kappa shape index (κ2) is 9.91. The summed E-state index contributed by atoms with van der Waals surface area (Å²) in [5.41, 5.74) is 5.43. The van der Waals surface area contributed by atoms with Gasteiger partial charge in [-0.15, -0.1) is 0 Å². The van der Waals surface area contributed by atoms with Gasteiger partial charge in [-0.05, 0) is 38.6 Å². The van der Waals surface area contributed by atoms with Crippen LogP contribution < -0.4 is 10.2 Å². The highest BCUT2D eigenvalue weighted by Gasteiger charge is 2.22. The Balaban J connectivity index is 1.50. The molecule has 5 rings (SSSR count). The van der Waals surface area contributed by atoms with Crippen LogP contribution in [0.4, 0.5) is 11.1 Å². The lowest BCUT2D eigenvalue weighted by molar-refractivity contribution is 0.313. The molecule has 1 atom stereocenters. The van der Waals surface area contributed by atoms with Crippen LogP contribution in [0.15, 0.2) is 66.9 Å². The topological polar surface area (TPSA) is 57.2 Å². The molecule has 1 N–H and O–H groups in total. The second-order valence-electron chi connectivity index (χ2n) is 8.88. The average Bonchev–Trinajstić information content (AvgIpc) is 3.31. The van der Waals surface area contributed by atoms with Crippen LogP contribution in [0.25, 0.3) is 21.8 Å². The van der Waals surface area contributed by atoms with E-state index in [9.17, 15) is 0 Å². The van der Waals surface area contributed by atoms with Gasteiger partial charge in [-0.1, -0.05) is 65.4 Å². The Hall–Kier alpha value is -3.29. The van der Waals surface area contributed by atoms with Crippen molar-refractivity contribution in [1.82, 2.24) is 19.9 Å². The summed E-state index contributed by atoms with van der Waals surface area (Å²) >= 11 is 1.72. The molecular weight excluding hydrogens is 440 g/mol. The monoisotopic (exact) mass is 470 g/mol. The molecule has 0 unspecified atom stereocenters. The molecule has 0 aliphatic carbocycles. The van der Waals surface area contributed by atoms with Crippen molar-refractivity contribution in [1.29, 1.82) is 0 Å². The fourth-order valence-electron chi connectivity index (χ4n) is 4.18. The summed E-state index contributed by atoms with van der Waals surface area (Å²) in [4.78, 5) is 20.4. The molecule has 1 aliphatic rings. The van der Waals surface area contributed by atoms with E-state index in [1.165, 1.54) is 11.1 Å². The number of anilines is 2. The number of rotatable bonds is 6. The predicted octanol–water partition coefficient (Wildman–Crippen LogP) is 5.50. The number of nitrogens with one attached hydrogen (secondary N) is 1. The van der Waals surface area contributed by atoms with E-state index < -0.39 is 0 Å². The van der Waals surface area contributed by atoms with Crippen LogP contribution in [-0.4, -0.2) is 53.1 Å². The zero-order valence-corrected chi connectivity index (χ0v) is 20.7. The van der Waals surface area contributed by atoms with Gasteiger partial charge in [-0.25, -0.2) is 15.0 Å². The average molecular weight is 471 g/mol. The van der Waals surface area contributed by atoms with Gasteiger partial charge < -0.3 is 15.1 Å². The van der Waals surface area contributed by atoms with E-state index >= 15 is 0 Å². The first kappa shape index (κ1) is 22.5. The molecule has 2 aromatic heterocycles. The van der Waals surface area contributed by atoms with Crippen LogP contribution in [0.3, 0.4) is 0 Å². The molecule has 0 spiro atoms. The molecule has 0 saturated carbocycles. The number of likely N-dealkylation sites (N-methyl/N-ethyl adjacent to an activating group) is 1. The molecule has 2 aromatic carbocycles. The predicted molar refractivity (Wildman–Crippen MR) is 142 cm³/mol. The number of benzene rings is 2. The van der Waals surface area contributed by atoms with Gasteiger partial charge in [-0.2, -0.15) is 0 Å². The lowest BCUT2D eigenvalue weighted by Crippen LogP contribution is -2.44. The Morgan fingerprint density at radius 2 is 1.74 bits per heavy atom. The van der Waals surface area contributed by atoms with Gasteiger partial charge in [0.05, 0.1) is 22.3 Å². The Morgan fingerprint density at radius 1 is 0.941 bits per heavy atom. The Kier molecular flexibility index (Phi) is 6.56. The van der Waals surface area contributed by atoms with E-state index in [-0.39, 0.29) is 6.04 Å². The number of aryl methyl sites for hydroxylation is 1. The molecule has 4 aromatic rings. The normalized spacial score (nSPS) is 15.3. The Morgan fingerprint density at radius 3 is 2.50 bits per heavy atom. The summed E-state index contributed by atoms with van der Waals surface area (Å²) in [7, 11) is 2.18. The first-order valence-corrected chi connectivity index (χ1v) is 12.5. The van der Waals surface area contributed by atoms with Crippen molar-refractivity contribution >= 4 is 22.4 Å². The molecular formula is C27H30N6S. The first-order valence-electron chi connectivity index (χ1n) is 11.7. The van der Waals surface area contributed by atoms with Crippen molar-refractivity contribution in [3.63, 3.8) is 0 Å². The lowest BCUT2D eigenvalue weighted by atomic mass is 10.1. The van der Waals surface area contributed by atoms with Crippen LogP contribution in [0.2, 0.25) is 0 Å². The third-order valence-corrected chi connectivity index (χ3v) is 7.35. The molecule has 1 aliphatic heterocycles. The van der Waals surface area contributed by atoms with Crippen molar-refractivity contribution in [2.45, 2.75) is 19.9 Å². The molecule has 1 fully saturated rings. The number of hydrogen-bond acceptors (Lipinski definition) is 7. The summed E-state index contributed by atoms with van der Waals surface area (Å²) in [5.74, 6) is 0.624. The molecule has 1 saturated heterocycles. The molecule has 174 valence electrons. The van der Waals surface area contributed by atoms with Crippen molar-refractivity contribution < 1.29 is 0 Å². The van der Waals surface area contributed by atoms with Crippen molar-refractivity contribution in [3.8, 4) is 21.8 Å². The number of hydrogen-bond donors (Lipinski definition) is 1. The summed E-state index contributed by atoms with van der Waals surface area (Å²) in [6.45, 7) is 8.32. The Labute approximate surface area is 205 Å². The number of nitrogens with zero attached hydrogens (tertiary/aromatic N) is 5. The first-order chi connectivity index (χ1) is 16.6. The van der Waals surface area contributed by atoms with E-state index in [0.717, 1.165) is 53.1 Å². The smallest absolute Gasteiger partial charge is 0.223 e. The minimum atomic E-state index is 0.107. The SMILES string of the molecule is Cc1cccc(-c2nc(N3CCN(C)CC3)sc2-c2ccnc(N[C@@H](C)c3ccccc3)n2)c1. The molecule has 0 amide bonds. The molecule has 6 nitrogen and oxygen atoms in total. The van der Waals surface area contributed by atoms with Crippen molar-refractivity contribution in [3.05, 3.63) is 78.0 Å². The standard InChI is InChI=1S/C27H30N6S/c1-19-8-7-11-22(18-19)24-25(34-27(31-24)33-16-14-32(3)15-17-33)23-12-13-28-26(30-23)29-20(2)21-9-5-4-6-10-21/h4-13,18,20H,14-17H2,1-3H3,(H,28,29,30)/t20-/m0/s1. The van der Waals surface area contributed by atoms with Crippen LogP contribution in [0.5, 0.6) is 0 Å². The molecule has 7 heteroatoms. The highest BCUT2D eigenvalue weighted by Crippen LogP contribution is 2.40. The summed E-state index contributed by atoms with van der Waals surface area (Å²) in [6, 6.07) is 21.0. The van der Waals surface area contributed by atoms with Crippen LogP contribution in [0.1, 0.15) is 24.1 Å². The highest BCUT2D eigenvalue weighted by atomic mass is 32.1. The summed E-state index contributed by atoms with van der Waals surface area (Å²) in [6.07, 6.45) is 1.83. The molecule has 3 heterocycles. The lowest BCUT2D eigenvalue weighted by Gasteiger charge is -2.32. The van der Waals surface area contributed by atoms with Gasteiger partial charge in [-0.3, -0.25) is 0 Å². The Bertz CT molecular complexity index is 1250. The highest BCUT2D eigenvalue weighted by molar-refractivity contribution is 7.19. The van der Waals surface area contributed by atoms with E-state index in [0.29, 0.717) is 5.95 Å². The van der Waals surface area contributed by atoms with Crippen LogP contribution >= 0.6 is 11.3 Å². The van der Waals surface area contributed by atoms with Crippen LogP contribution in [0, 0.1) is 6.92 Å². The molecule has 0 radical (unpaired) electrons. The van der Waals surface area contributed by atoms with Crippen molar-refractivity contribution in [2.24, 2.45) is 0 Å². The maximum absolute atomic E-state index is 5.13. The number of aromatic nitrogens is 3. The maximum atomic E-state index is 5.13. The van der Waals surface area contributed by atoms with E-state index in [4.69, 9.17) is 9.97 Å². The van der Waals surface area contributed by atoms with Crippen molar-refractivity contribution in [2.75, 3.05) is 43.4 Å². The second-order valence-corrected chi connectivity index (χ2v) is 9.85. The van der Waals surface area contributed by atoms with E-state index in [1.807, 2.05) is 18.3 Å². The van der Waals surface area contributed by atoms with Gasteiger partial charge in [0.15, 0.2) is 5.13 Å². The fraction of sp³-hybridized carbons (Fsp3) is 0.296. The summed E-state index contributed by atoms with van der Waals surface area (Å²) < 4.78 is 0. The van der Waals surface area contributed by atoms with Gasteiger partial charge in [0.25, 0.3) is 0 Å². The van der Waals surface area contributed by atoms with Gasteiger partial charge in [0.1, 0.15) is 0 Å². The number of thiazole rings is 1. The molecule has 0 bridgehead atoms. The summed E-state index contributed by atoms with van der Waals surface area (Å²) in [5, 5.41) is 4.52. The number of piperazine rings is 1. The third kappa shape index (κ3) is 4.95. The minimum Gasteiger partial charge on any atom is -0.348 e. The van der Waals surface area contributed by atoms with E-state index in [2.05, 4.69) is 89.5 Å². The van der Waals surface area contributed by atoms with Crippen LogP contribution in [-0.2, 0) is 0 Å². The van der Waals surface area contributed by atoms with E-state index in [1.54, 1.807) is 11.3 Å². The fourth-order valence-corrected chi connectivity index (χ4v) is 5.29. The largest absolute Gasteiger partial charge is 0.348 e.